The lowest BCUT2D eigenvalue weighted by Gasteiger charge is -2.36. The highest BCUT2D eigenvalue weighted by molar-refractivity contribution is 5.80. The third kappa shape index (κ3) is 4.41. The monoisotopic (exact) mass is 337 g/mol. The zero-order valence-corrected chi connectivity index (χ0v) is 14.8. The van der Waals surface area contributed by atoms with Gasteiger partial charge in [0.1, 0.15) is 0 Å². The Morgan fingerprint density at radius 3 is 2.29 bits per heavy atom. The molecule has 0 bridgehead atoms. The SMILES string of the molecule is CC1CCN(C(=O)C2CCN(C(=O)NC[C@H]3CCCO3)CC2)CC1. The van der Waals surface area contributed by atoms with E-state index in [1.165, 1.54) is 0 Å². The molecule has 0 saturated carbocycles. The van der Waals surface area contributed by atoms with Crippen LogP contribution in [0.1, 0.15) is 45.4 Å². The van der Waals surface area contributed by atoms with Gasteiger partial charge in [-0.2, -0.15) is 0 Å². The molecule has 0 aromatic heterocycles. The van der Waals surface area contributed by atoms with Crippen molar-refractivity contribution in [3.05, 3.63) is 0 Å². The van der Waals surface area contributed by atoms with Crippen LogP contribution in [0.5, 0.6) is 0 Å². The number of likely N-dealkylation sites (tertiary alicyclic amines) is 2. The number of amides is 3. The topological polar surface area (TPSA) is 61.9 Å². The largest absolute Gasteiger partial charge is 0.376 e. The van der Waals surface area contributed by atoms with Gasteiger partial charge in [0, 0.05) is 45.2 Å². The van der Waals surface area contributed by atoms with Gasteiger partial charge in [0.2, 0.25) is 5.91 Å². The maximum absolute atomic E-state index is 12.6. The van der Waals surface area contributed by atoms with E-state index in [1.54, 1.807) is 0 Å². The normalized spacial score (nSPS) is 26.6. The maximum Gasteiger partial charge on any atom is 0.317 e. The first kappa shape index (κ1) is 17.5. The zero-order valence-electron chi connectivity index (χ0n) is 14.8. The molecule has 6 heteroatoms. The molecule has 1 N–H and O–H groups in total. The lowest BCUT2D eigenvalue weighted by Crippen LogP contribution is -2.49. The highest BCUT2D eigenvalue weighted by Gasteiger charge is 2.31. The van der Waals surface area contributed by atoms with Gasteiger partial charge >= 0.3 is 6.03 Å². The molecule has 3 fully saturated rings. The van der Waals surface area contributed by atoms with Crippen LogP contribution in [0.15, 0.2) is 0 Å². The van der Waals surface area contributed by atoms with Crippen LogP contribution in [-0.2, 0) is 9.53 Å². The van der Waals surface area contributed by atoms with E-state index in [0.29, 0.717) is 25.5 Å². The van der Waals surface area contributed by atoms with Gasteiger partial charge in [-0.15, -0.1) is 0 Å². The fourth-order valence-corrected chi connectivity index (χ4v) is 3.93. The number of nitrogens with zero attached hydrogens (tertiary/aromatic N) is 2. The van der Waals surface area contributed by atoms with Crippen molar-refractivity contribution in [3.63, 3.8) is 0 Å². The van der Waals surface area contributed by atoms with Crippen LogP contribution in [0.2, 0.25) is 0 Å². The molecule has 0 unspecified atom stereocenters. The second-order valence-corrected chi connectivity index (χ2v) is 7.59. The van der Waals surface area contributed by atoms with Gasteiger partial charge < -0.3 is 19.9 Å². The van der Waals surface area contributed by atoms with Gasteiger partial charge in [-0.1, -0.05) is 6.92 Å². The average molecular weight is 337 g/mol. The van der Waals surface area contributed by atoms with E-state index in [2.05, 4.69) is 12.2 Å². The molecule has 3 aliphatic heterocycles. The number of ether oxygens (including phenoxy) is 1. The first-order valence-electron chi connectivity index (χ1n) is 9.56. The minimum absolute atomic E-state index is 0.0109. The smallest absolute Gasteiger partial charge is 0.317 e. The Kier molecular flexibility index (Phi) is 5.98. The summed E-state index contributed by atoms with van der Waals surface area (Å²) in [4.78, 5) is 28.7. The Balaban J connectivity index is 1.38. The first-order valence-corrected chi connectivity index (χ1v) is 9.56. The van der Waals surface area contributed by atoms with Crippen LogP contribution in [-0.4, -0.2) is 67.2 Å². The van der Waals surface area contributed by atoms with Crippen LogP contribution in [0.4, 0.5) is 4.79 Å². The van der Waals surface area contributed by atoms with E-state index < -0.39 is 0 Å². The van der Waals surface area contributed by atoms with Gasteiger partial charge in [-0.05, 0) is 44.4 Å². The molecule has 3 aliphatic rings. The molecule has 0 aromatic carbocycles. The van der Waals surface area contributed by atoms with Crippen molar-refractivity contribution in [2.75, 3.05) is 39.3 Å². The summed E-state index contributed by atoms with van der Waals surface area (Å²) in [6.07, 6.45) is 6.12. The van der Waals surface area contributed by atoms with Crippen molar-refractivity contribution in [1.82, 2.24) is 15.1 Å². The molecule has 0 spiro atoms. The fourth-order valence-electron chi connectivity index (χ4n) is 3.93. The van der Waals surface area contributed by atoms with E-state index in [1.807, 2.05) is 9.80 Å². The molecule has 3 amide bonds. The highest BCUT2D eigenvalue weighted by atomic mass is 16.5. The summed E-state index contributed by atoms with van der Waals surface area (Å²) >= 11 is 0. The summed E-state index contributed by atoms with van der Waals surface area (Å²) in [7, 11) is 0. The molecular formula is C18H31N3O3. The molecule has 3 rings (SSSR count). The molecular weight excluding hydrogens is 306 g/mol. The molecule has 1 atom stereocenters. The predicted octanol–water partition coefficient (Wildman–Crippen LogP) is 1.85. The standard InChI is InChI=1S/C18H31N3O3/c1-14-4-8-20(9-5-14)17(22)15-6-10-21(11-7-15)18(23)19-13-16-3-2-12-24-16/h14-16H,2-13H2,1H3,(H,19,23)/t16-/m1/s1. The Hall–Kier alpha value is -1.30. The lowest BCUT2D eigenvalue weighted by molar-refractivity contribution is -0.138. The Labute approximate surface area is 144 Å². The van der Waals surface area contributed by atoms with Crippen LogP contribution in [0.25, 0.3) is 0 Å². The Bertz CT molecular complexity index is 435. The number of urea groups is 1. The molecule has 0 aliphatic carbocycles. The summed E-state index contributed by atoms with van der Waals surface area (Å²) in [6.45, 7) is 6.84. The molecule has 0 aromatic rings. The minimum atomic E-state index is -0.0109. The third-order valence-corrected chi connectivity index (χ3v) is 5.73. The Morgan fingerprint density at radius 1 is 1.00 bits per heavy atom. The van der Waals surface area contributed by atoms with Gasteiger partial charge in [0.15, 0.2) is 0 Å². The van der Waals surface area contributed by atoms with Crippen molar-refractivity contribution in [2.45, 2.75) is 51.6 Å². The van der Waals surface area contributed by atoms with Crippen LogP contribution in [0.3, 0.4) is 0 Å². The first-order chi connectivity index (χ1) is 11.6. The minimum Gasteiger partial charge on any atom is -0.376 e. The fraction of sp³-hybridized carbons (Fsp3) is 0.889. The lowest BCUT2D eigenvalue weighted by atomic mass is 9.93. The van der Waals surface area contributed by atoms with Gasteiger partial charge in [0.25, 0.3) is 0 Å². The quantitative estimate of drug-likeness (QED) is 0.855. The number of rotatable bonds is 3. The van der Waals surface area contributed by atoms with Gasteiger partial charge in [-0.25, -0.2) is 4.79 Å². The van der Waals surface area contributed by atoms with E-state index in [9.17, 15) is 9.59 Å². The Morgan fingerprint density at radius 2 is 1.67 bits per heavy atom. The van der Waals surface area contributed by atoms with E-state index >= 15 is 0 Å². The van der Waals surface area contributed by atoms with Gasteiger partial charge in [0.05, 0.1) is 6.10 Å². The summed E-state index contributed by atoms with van der Waals surface area (Å²) in [5.41, 5.74) is 0. The molecule has 6 nitrogen and oxygen atoms in total. The molecule has 3 heterocycles. The van der Waals surface area contributed by atoms with E-state index in [-0.39, 0.29) is 18.1 Å². The van der Waals surface area contributed by atoms with E-state index in [0.717, 1.165) is 64.1 Å². The zero-order chi connectivity index (χ0) is 16.9. The van der Waals surface area contributed by atoms with Gasteiger partial charge in [-0.3, -0.25) is 4.79 Å². The predicted molar refractivity (Wildman–Crippen MR) is 91.6 cm³/mol. The second kappa shape index (κ2) is 8.19. The average Bonchev–Trinajstić information content (AvgIpc) is 3.13. The number of hydrogen-bond acceptors (Lipinski definition) is 3. The number of carbonyl (C=O) groups excluding carboxylic acids is 2. The maximum atomic E-state index is 12.6. The van der Waals surface area contributed by atoms with Crippen LogP contribution < -0.4 is 5.32 Å². The van der Waals surface area contributed by atoms with E-state index in [4.69, 9.17) is 4.74 Å². The van der Waals surface area contributed by atoms with Crippen molar-refractivity contribution < 1.29 is 14.3 Å². The van der Waals surface area contributed by atoms with Crippen molar-refractivity contribution in [1.29, 1.82) is 0 Å². The molecule has 136 valence electrons. The molecule has 3 saturated heterocycles. The highest BCUT2D eigenvalue weighted by Crippen LogP contribution is 2.23. The number of nitrogens with one attached hydrogen (secondary N) is 1. The van der Waals surface area contributed by atoms with Crippen LogP contribution in [0, 0.1) is 11.8 Å². The summed E-state index contributed by atoms with van der Waals surface area (Å²) < 4.78 is 5.53. The summed E-state index contributed by atoms with van der Waals surface area (Å²) in [6, 6.07) is -0.0109. The number of carbonyl (C=O) groups is 2. The number of piperidine rings is 2. The third-order valence-electron chi connectivity index (χ3n) is 5.73. The number of hydrogen-bond donors (Lipinski definition) is 1. The van der Waals surface area contributed by atoms with Crippen molar-refractivity contribution in [2.24, 2.45) is 11.8 Å². The molecule has 24 heavy (non-hydrogen) atoms. The molecule has 0 radical (unpaired) electrons. The summed E-state index contributed by atoms with van der Waals surface area (Å²) in [5.74, 6) is 1.14. The van der Waals surface area contributed by atoms with Crippen molar-refractivity contribution >= 4 is 11.9 Å². The summed E-state index contributed by atoms with van der Waals surface area (Å²) in [5, 5.41) is 2.97. The van der Waals surface area contributed by atoms with Crippen molar-refractivity contribution in [3.8, 4) is 0 Å². The van der Waals surface area contributed by atoms with Crippen LogP contribution >= 0.6 is 0 Å². The second-order valence-electron chi connectivity index (χ2n) is 7.59.